The lowest BCUT2D eigenvalue weighted by Gasteiger charge is -2.36. The molecule has 1 saturated heterocycles. The SMILES string of the molecule is CC1(C)[C@@H](C(F)(F)F)CCN1C(=O)Nc1ccn(CCS(C)(=O)=O)n1. The average Bonchev–Trinajstić information content (AvgIpc) is 2.98. The summed E-state index contributed by atoms with van der Waals surface area (Å²) in [6.07, 6.45) is -1.92. The molecule has 1 N–H and O–H groups in total. The Morgan fingerprint density at radius 2 is 2.08 bits per heavy atom. The number of aryl methyl sites for hydroxylation is 1. The number of nitrogens with zero attached hydrogens (tertiary/aromatic N) is 3. The first kappa shape index (κ1) is 19.5. The van der Waals surface area contributed by atoms with Gasteiger partial charge in [0.05, 0.1) is 23.8 Å². The van der Waals surface area contributed by atoms with Crippen LogP contribution in [0.3, 0.4) is 0 Å². The number of hydrogen-bond acceptors (Lipinski definition) is 4. The van der Waals surface area contributed by atoms with Gasteiger partial charge in [0.1, 0.15) is 9.84 Å². The first-order chi connectivity index (χ1) is 11.3. The van der Waals surface area contributed by atoms with Gasteiger partial charge in [-0.1, -0.05) is 0 Å². The van der Waals surface area contributed by atoms with Crippen molar-refractivity contribution in [1.29, 1.82) is 0 Å². The molecular weight excluding hydrogens is 361 g/mol. The zero-order chi connectivity index (χ0) is 19.0. The molecule has 0 aliphatic carbocycles. The second kappa shape index (κ2) is 6.50. The van der Waals surface area contributed by atoms with E-state index in [1.54, 1.807) is 0 Å². The minimum atomic E-state index is -4.37. The van der Waals surface area contributed by atoms with Gasteiger partial charge < -0.3 is 4.90 Å². The first-order valence-electron chi connectivity index (χ1n) is 7.67. The number of aromatic nitrogens is 2. The highest BCUT2D eigenvalue weighted by Gasteiger charge is 2.56. The highest BCUT2D eigenvalue weighted by Crippen LogP contribution is 2.44. The molecule has 2 amide bonds. The van der Waals surface area contributed by atoms with E-state index in [2.05, 4.69) is 10.4 Å². The number of alkyl halides is 3. The standard InChI is InChI=1S/C14H21F3N4O3S/c1-13(2)10(14(15,16)17)4-7-21(13)12(22)18-11-5-6-20(19-11)8-9-25(3,23)24/h5-6,10H,4,7-9H2,1-3H3,(H,18,19,22)/t10-/m0/s1. The maximum Gasteiger partial charge on any atom is 0.394 e. The van der Waals surface area contributed by atoms with E-state index in [0.717, 1.165) is 11.2 Å². The molecule has 1 fully saturated rings. The Hall–Kier alpha value is -1.78. The molecule has 0 spiro atoms. The van der Waals surface area contributed by atoms with Crippen LogP contribution in [0, 0.1) is 5.92 Å². The number of anilines is 1. The number of hydrogen-bond donors (Lipinski definition) is 1. The van der Waals surface area contributed by atoms with E-state index in [9.17, 15) is 26.4 Å². The number of carbonyl (C=O) groups is 1. The van der Waals surface area contributed by atoms with Crippen LogP contribution in [0.1, 0.15) is 20.3 Å². The third-order valence-corrected chi connectivity index (χ3v) is 5.32. The molecule has 142 valence electrons. The number of likely N-dealkylation sites (tertiary alicyclic amines) is 1. The predicted octanol–water partition coefficient (Wildman–Crippen LogP) is 2.12. The second-order valence-electron chi connectivity index (χ2n) is 6.71. The Bertz CT molecular complexity index is 743. The summed E-state index contributed by atoms with van der Waals surface area (Å²) in [5.41, 5.74) is -1.36. The molecule has 0 aromatic carbocycles. The van der Waals surface area contributed by atoms with Crippen molar-refractivity contribution in [2.75, 3.05) is 23.9 Å². The third-order valence-electron chi connectivity index (χ3n) is 4.40. The summed E-state index contributed by atoms with van der Waals surface area (Å²) < 4.78 is 62.9. The van der Waals surface area contributed by atoms with Crippen molar-refractivity contribution in [1.82, 2.24) is 14.7 Å². The Morgan fingerprint density at radius 1 is 1.44 bits per heavy atom. The van der Waals surface area contributed by atoms with E-state index in [1.165, 1.54) is 30.8 Å². The monoisotopic (exact) mass is 382 g/mol. The largest absolute Gasteiger partial charge is 0.394 e. The Morgan fingerprint density at radius 3 is 2.60 bits per heavy atom. The number of halogens is 3. The number of nitrogens with one attached hydrogen (secondary N) is 1. The summed E-state index contributed by atoms with van der Waals surface area (Å²) in [5.74, 6) is -1.53. The van der Waals surface area contributed by atoms with Gasteiger partial charge in [0, 0.05) is 25.1 Å². The van der Waals surface area contributed by atoms with Gasteiger partial charge in [0.15, 0.2) is 5.82 Å². The van der Waals surface area contributed by atoms with Crippen LogP contribution in [-0.2, 0) is 16.4 Å². The Kier molecular flexibility index (Phi) is 5.08. The van der Waals surface area contributed by atoms with Crippen molar-refractivity contribution in [2.45, 2.75) is 38.5 Å². The number of sulfone groups is 1. The lowest BCUT2D eigenvalue weighted by atomic mass is 9.88. The van der Waals surface area contributed by atoms with Crippen LogP contribution in [0.15, 0.2) is 12.3 Å². The van der Waals surface area contributed by atoms with E-state index in [-0.39, 0.29) is 31.1 Å². The molecule has 1 aromatic rings. The van der Waals surface area contributed by atoms with E-state index >= 15 is 0 Å². The van der Waals surface area contributed by atoms with Crippen LogP contribution in [0.5, 0.6) is 0 Å². The van der Waals surface area contributed by atoms with Gasteiger partial charge in [-0.15, -0.1) is 0 Å². The van der Waals surface area contributed by atoms with E-state index < -0.39 is 33.5 Å². The first-order valence-corrected chi connectivity index (χ1v) is 9.73. The molecule has 11 heteroatoms. The number of carbonyl (C=O) groups excluding carboxylic acids is 1. The highest BCUT2D eigenvalue weighted by molar-refractivity contribution is 7.90. The van der Waals surface area contributed by atoms with E-state index in [1.807, 2.05) is 0 Å². The number of urea groups is 1. The van der Waals surface area contributed by atoms with Crippen molar-refractivity contribution in [3.05, 3.63) is 12.3 Å². The summed E-state index contributed by atoms with van der Waals surface area (Å²) in [7, 11) is -3.15. The van der Waals surface area contributed by atoms with Crippen LogP contribution in [0.25, 0.3) is 0 Å². The summed E-state index contributed by atoms with van der Waals surface area (Å²) in [6, 6.07) is 0.801. The molecular formula is C14H21F3N4O3S. The average molecular weight is 382 g/mol. The summed E-state index contributed by atoms with van der Waals surface area (Å²) in [5, 5.41) is 6.48. The fraction of sp³-hybridized carbons (Fsp3) is 0.714. The van der Waals surface area contributed by atoms with E-state index in [0.29, 0.717) is 0 Å². The van der Waals surface area contributed by atoms with Crippen LogP contribution >= 0.6 is 0 Å². The maximum atomic E-state index is 13.1. The Balaban J connectivity index is 2.02. The lowest BCUT2D eigenvalue weighted by molar-refractivity contribution is -0.189. The maximum absolute atomic E-state index is 13.1. The van der Waals surface area contributed by atoms with Gasteiger partial charge >= 0.3 is 12.2 Å². The number of amides is 2. The smallest absolute Gasteiger partial charge is 0.319 e. The van der Waals surface area contributed by atoms with Gasteiger partial charge in [-0.3, -0.25) is 10.00 Å². The third kappa shape index (κ3) is 4.65. The lowest BCUT2D eigenvalue weighted by Crippen LogP contribution is -2.51. The van der Waals surface area contributed by atoms with Crippen molar-refractivity contribution in [3.8, 4) is 0 Å². The topological polar surface area (TPSA) is 84.3 Å². The molecule has 0 radical (unpaired) electrons. The van der Waals surface area contributed by atoms with Crippen LogP contribution in [-0.4, -0.2) is 59.4 Å². The summed E-state index contributed by atoms with van der Waals surface area (Å²) >= 11 is 0. The fourth-order valence-corrected chi connectivity index (χ4v) is 3.52. The molecule has 0 unspecified atom stereocenters. The second-order valence-corrected chi connectivity index (χ2v) is 8.97. The van der Waals surface area contributed by atoms with Gasteiger partial charge in [-0.2, -0.15) is 18.3 Å². The molecule has 2 rings (SSSR count). The zero-order valence-electron chi connectivity index (χ0n) is 14.2. The summed E-state index contributed by atoms with van der Waals surface area (Å²) in [6.45, 7) is 2.91. The quantitative estimate of drug-likeness (QED) is 0.865. The van der Waals surface area contributed by atoms with Gasteiger partial charge in [-0.05, 0) is 20.3 Å². The van der Waals surface area contributed by atoms with Crippen LogP contribution in [0.2, 0.25) is 0 Å². The molecule has 1 aliphatic heterocycles. The molecule has 7 nitrogen and oxygen atoms in total. The molecule has 2 heterocycles. The van der Waals surface area contributed by atoms with Crippen molar-refractivity contribution < 1.29 is 26.4 Å². The minimum Gasteiger partial charge on any atom is -0.319 e. The molecule has 0 saturated carbocycles. The normalized spacial score (nSPS) is 20.7. The van der Waals surface area contributed by atoms with Crippen LogP contribution in [0.4, 0.5) is 23.8 Å². The minimum absolute atomic E-state index is 0.00219. The highest BCUT2D eigenvalue weighted by atomic mass is 32.2. The van der Waals surface area contributed by atoms with Crippen molar-refractivity contribution in [2.24, 2.45) is 5.92 Å². The molecule has 0 bridgehead atoms. The molecule has 1 aromatic heterocycles. The van der Waals surface area contributed by atoms with Gasteiger partial charge in [0.25, 0.3) is 0 Å². The van der Waals surface area contributed by atoms with Crippen LogP contribution < -0.4 is 5.32 Å². The molecule has 1 aliphatic rings. The van der Waals surface area contributed by atoms with Gasteiger partial charge in [0.2, 0.25) is 0 Å². The molecule has 25 heavy (non-hydrogen) atoms. The Labute approximate surface area is 144 Å². The van der Waals surface area contributed by atoms with Gasteiger partial charge in [-0.25, -0.2) is 13.2 Å². The van der Waals surface area contributed by atoms with Crippen molar-refractivity contribution >= 4 is 21.7 Å². The predicted molar refractivity (Wildman–Crippen MR) is 85.9 cm³/mol. The fourth-order valence-electron chi connectivity index (χ4n) is 3.00. The zero-order valence-corrected chi connectivity index (χ0v) is 15.0. The van der Waals surface area contributed by atoms with Crippen molar-refractivity contribution in [3.63, 3.8) is 0 Å². The molecule has 1 atom stereocenters. The summed E-state index contributed by atoms with van der Waals surface area (Å²) in [4.78, 5) is 13.5. The number of rotatable bonds is 4. The van der Waals surface area contributed by atoms with E-state index in [4.69, 9.17) is 0 Å².